The molecule has 1 aromatic heterocycles. The minimum atomic E-state index is -0.737. The first-order valence-corrected chi connectivity index (χ1v) is 7.08. The Kier molecular flexibility index (Phi) is 3.23. The molecule has 1 aliphatic rings. The van der Waals surface area contributed by atoms with Crippen LogP contribution in [0.4, 0.5) is 0 Å². The number of benzene rings is 1. The molecular formula is C17H20N2O2. The lowest BCUT2D eigenvalue weighted by Gasteiger charge is -2.40. The van der Waals surface area contributed by atoms with Gasteiger partial charge in [0.15, 0.2) is 0 Å². The van der Waals surface area contributed by atoms with Gasteiger partial charge in [0.25, 0.3) is 0 Å². The van der Waals surface area contributed by atoms with E-state index in [1.165, 1.54) is 0 Å². The first-order chi connectivity index (χ1) is 9.88. The maximum absolute atomic E-state index is 10.3. The number of hydrogen-bond donors (Lipinski definition) is 2. The molecule has 1 aliphatic heterocycles. The normalized spacial score (nSPS) is 23.3. The van der Waals surface area contributed by atoms with Gasteiger partial charge < -0.3 is 15.6 Å². The zero-order valence-electron chi connectivity index (χ0n) is 12.5. The standard InChI is InChI=1S/C17H20N2O2/c1-10-8-12(6-7-19-10)11-4-5-14-13(9-11)15(18)16(20)17(2,3)21-14/h4-9,15-16,20H,18H2,1-3H3/t15-,16+/m1/s1. The SMILES string of the molecule is Cc1cc(-c2ccc3c(c2)[C@@H](N)[C@H](O)C(C)(C)O3)ccn1. The molecule has 4 nitrogen and oxygen atoms in total. The molecule has 0 saturated heterocycles. The fourth-order valence-corrected chi connectivity index (χ4v) is 2.75. The molecule has 2 heterocycles. The van der Waals surface area contributed by atoms with Crippen LogP contribution < -0.4 is 10.5 Å². The van der Waals surface area contributed by atoms with Crippen molar-refractivity contribution < 1.29 is 9.84 Å². The van der Waals surface area contributed by atoms with Gasteiger partial charge in [0, 0.05) is 17.5 Å². The maximum atomic E-state index is 10.3. The summed E-state index contributed by atoms with van der Waals surface area (Å²) in [5.74, 6) is 0.743. The molecule has 0 bridgehead atoms. The van der Waals surface area contributed by atoms with Crippen molar-refractivity contribution in [1.29, 1.82) is 0 Å². The summed E-state index contributed by atoms with van der Waals surface area (Å²) in [7, 11) is 0. The highest BCUT2D eigenvalue weighted by molar-refractivity contribution is 5.66. The van der Waals surface area contributed by atoms with Crippen LogP contribution in [0.25, 0.3) is 11.1 Å². The van der Waals surface area contributed by atoms with Gasteiger partial charge in [-0.25, -0.2) is 0 Å². The van der Waals surface area contributed by atoms with E-state index in [-0.39, 0.29) is 0 Å². The molecule has 0 fully saturated rings. The van der Waals surface area contributed by atoms with Gasteiger partial charge in [0.1, 0.15) is 17.5 Å². The summed E-state index contributed by atoms with van der Waals surface area (Å²) in [5.41, 5.74) is 9.45. The summed E-state index contributed by atoms with van der Waals surface area (Å²) in [4.78, 5) is 4.21. The zero-order chi connectivity index (χ0) is 15.2. The van der Waals surface area contributed by atoms with Crippen molar-refractivity contribution in [2.75, 3.05) is 0 Å². The average molecular weight is 284 g/mol. The molecule has 0 aliphatic carbocycles. The third-order valence-electron chi connectivity index (χ3n) is 4.02. The molecule has 2 atom stereocenters. The quantitative estimate of drug-likeness (QED) is 0.844. The fourth-order valence-electron chi connectivity index (χ4n) is 2.75. The smallest absolute Gasteiger partial charge is 0.131 e. The summed E-state index contributed by atoms with van der Waals surface area (Å²) < 4.78 is 5.87. The molecule has 2 aromatic rings. The van der Waals surface area contributed by atoms with Crippen molar-refractivity contribution in [1.82, 2.24) is 4.98 Å². The second-order valence-electron chi connectivity index (χ2n) is 6.11. The predicted octanol–water partition coefficient (Wildman–Crippen LogP) is 2.59. The predicted molar refractivity (Wildman–Crippen MR) is 82.1 cm³/mol. The van der Waals surface area contributed by atoms with Crippen LogP contribution >= 0.6 is 0 Å². The minimum Gasteiger partial charge on any atom is -0.485 e. The topological polar surface area (TPSA) is 68.4 Å². The highest BCUT2D eigenvalue weighted by Gasteiger charge is 2.41. The molecule has 1 aromatic carbocycles. The molecular weight excluding hydrogens is 264 g/mol. The van der Waals surface area contributed by atoms with Crippen LogP contribution in [0.5, 0.6) is 5.75 Å². The van der Waals surface area contributed by atoms with Crippen molar-refractivity contribution in [2.24, 2.45) is 5.73 Å². The number of aliphatic hydroxyl groups is 1. The number of ether oxygens (including phenoxy) is 1. The van der Waals surface area contributed by atoms with Crippen LogP contribution in [0.1, 0.15) is 31.1 Å². The number of pyridine rings is 1. The highest BCUT2D eigenvalue weighted by atomic mass is 16.5. The van der Waals surface area contributed by atoms with E-state index in [9.17, 15) is 5.11 Å². The number of aromatic nitrogens is 1. The molecule has 110 valence electrons. The Morgan fingerprint density at radius 3 is 2.62 bits per heavy atom. The van der Waals surface area contributed by atoms with Gasteiger partial charge in [0.05, 0.1) is 6.04 Å². The second kappa shape index (κ2) is 4.83. The molecule has 0 amide bonds. The van der Waals surface area contributed by atoms with Gasteiger partial charge >= 0.3 is 0 Å². The lowest BCUT2D eigenvalue weighted by Crippen LogP contribution is -2.51. The van der Waals surface area contributed by atoms with Gasteiger partial charge in [-0.15, -0.1) is 0 Å². The summed E-state index contributed by atoms with van der Waals surface area (Å²) in [6.07, 6.45) is 1.05. The van der Waals surface area contributed by atoms with Crippen molar-refractivity contribution in [3.8, 4) is 16.9 Å². The van der Waals surface area contributed by atoms with Crippen LogP contribution in [-0.4, -0.2) is 21.8 Å². The van der Waals surface area contributed by atoms with E-state index in [0.717, 1.165) is 28.1 Å². The number of nitrogens with two attached hydrogens (primary N) is 1. The van der Waals surface area contributed by atoms with E-state index in [4.69, 9.17) is 10.5 Å². The Morgan fingerprint density at radius 1 is 1.19 bits per heavy atom. The Balaban J connectivity index is 2.07. The third-order valence-corrected chi connectivity index (χ3v) is 4.02. The Bertz CT molecular complexity index is 682. The zero-order valence-corrected chi connectivity index (χ0v) is 12.5. The number of fused-ring (bicyclic) bond motifs is 1. The minimum absolute atomic E-state index is 0.452. The van der Waals surface area contributed by atoms with Gasteiger partial charge in [-0.2, -0.15) is 0 Å². The molecule has 4 heteroatoms. The van der Waals surface area contributed by atoms with E-state index in [0.29, 0.717) is 0 Å². The molecule has 21 heavy (non-hydrogen) atoms. The van der Waals surface area contributed by atoms with Crippen molar-refractivity contribution >= 4 is 0 Å². The average Bonchev–Trinajstić information content (AvgIpc) is 2.44. The molecule has 0 saturated carbocycles. The number of rotatable bonds is 1. The van der Waals surface area contributed by atoms with Crippen LogP contribution in [0.2, 0.25) is 0 Å². The van der Waals surface area contributed by atoms with Crippen molar-refractivity contribution in [2.45, 2.75) is 38.5 Å². The third kappa shape index (κ3) is 2.41. The van der Waals surface area contributed by atoms with E-state index < -0.39 is 17.7 Å². The Labute approximate surface area is 124 Å². The summed E-state index contributed by atoms with van der Waals surface area (Å²) in [6, 6.07) is 9.46. The van der Waals surface area contributed by atoms with Crippen LogP contribution in [0.3, 0.4) is 0 Å². The van der Waals surface area contributed by atoms with Crippen LogP contribution in [0, 0.1) is 6.92 Å². The van der Waals surface area contributed by atoms with Gasteiger partial charge in [-0.3, -0.25) is 4.98 Å². The summed E-state index contributed by atoms with van der Waals surface area (Å²) in [5, 5.41) is 10.3. The lowest BCUT2D eigenvalue weighted by molar-refractivity contribution is -0.0571. The molecule has 3 N–H and O–H groups in total. The van der Waals surface area contributed by atoms with Gasteiger partial charge in [-0.1, -0.05) is 6.07 Å². The molecule has 0 spiro atoms. The monoisotopic (exact) mass is 284 g/mol. The number of aryl methyl sites for hydroxylation is 1. The molecule has 0 radical (unpaired) electrons. The van der Waals surface area contributed by atoms with E-state index in [2.05, 4.69) is 4.98 Å². The second-order valence-corrected chi connectivity index (χ2v) is 6.11. The lowest BCUT2D eigenvalue weighted by atomic mass is 9.86. The van der Waals surface area contributed by atoms with Crippen molar-refractivity contribution in [3.05, 3.63) is 47.8 Å². The van der Waals surface area contributed by atoms with E-state index in [1.54, 1.807) is 6.20 Å². The Hall–Kier alpha value is -1.91. The largest absolute Gasteiger partial charge is 0.485 e. The highest BCUT2D eigenvalue weighted by Crippen LogP contribution is 2.40. The number of nitrogens with zero attached hydrogens (tertiary/aromatic N) is 1. The van der Waals surface area contributed by atoms with Crippen LogP contribution in [0.15, 0.2) is 36.5 Å². The first kappa shape index (κ1) is 14.0. The number of aliphatic hydroxyl groups excluding tert-OH is 1. The maximum Gasteiger partial charge on any atom is 0.131 e. The van der Waals surface area contributed by atoms with Crippen molar-refractivity contribution in [3.63, 3.8) is 0 Å². The fraction of sp³-hybridized carbons (Fsp3) is 0.353. The molecule has 0 unspecified atom stereocenters. The molecule has 3 rings (SSSR count). The summed E-state index contributed by atoms with van der Waals surface area (Å²) >= 11 is 0. The Morgan fingerprint density at radius 2 is 1.90 bits per heavy atom. The van der Waals surface area contributed by atoms with Gasteiger partial charge in [-0.05, 0) is 56.2 Å². The van der Waals surface area contributed by atoms with E-state index >= 15 is 0 Å². The van der Waals surface area contributed by atoms with Gasteiger partial charge in [0.2, 0.25) is 0 Å². The number of hydrogen-bond acceptors (Lipinski definition) is 4. The summed E-state index contributed by atoms with van der Waals surface area (Å²) in [6.45, 7) is 5.66. The first-order valence-electron chi connectivity index (χ1n) is 7.08. The van der Waals surface area contributed by atoms with E-state index in [1.807, 2.05) is 51.1 Å². The van der Waals surface area contributed by atoms with Crippen LogP contribution in [-0.2, 0) is 0 Å².